The lowest BCUT2D eigenvalue weighted by Gasteiger charge is -2.31. The number of hydrogen-bond acceptors (Lipinski definition) is 0. The summed E-state index contributed by atoms with van der Waals surface area (Å²) in [5.41, 5.74) is 21.6. The zero-order valence-corrected chi connectivity index (χ0v) is 43.8. The van der Waals surface area contributed by atoms with E-state index in [2.05, 4.69) is 294 Å². The van der Waals surface area contributed by atoms with Gasteiger partial charge in [-0.15, -0.1) is 0 Å². The number of benzene rings is 12. The summed E-state index contributed by atoms with van der Waals surface area (Å²) in [6, 6.07) is 99.9. The molecule has 0 amide bonds. The van der Waals surface area contributed by atoms with E-state index < -0.39 is 14.7 Å². The van der Waals surface area contributed by atoms with Crippen LogP contribution < -0.4 is 0 Å². The highest BCUT2D eigenvalue weighted by molar-refractivity contribution is 7.64. The molecule has 78 heavy (non-hydrogen) atoms. The summed E-state index contributed by atoms with van der Waals surface area (Å²) in [6.45, 7) is 0. The molecule has 0 fully saturated rings. The number of fused-ring (bicyclic) bond motifs is 3. The lowest BCUT2D eigenvalue weighted by Crippen LogP contribution is -2.10. The average molecular weight is 1030 g/mol. The lowest BCUT2D eigenvalue weighted by atomic mass is 10.0. The second-order valence-corrected chi connectivity index (χ2v) is 24.6. The second-order valence-electron chi connectivity index (χ2n) is 20.6. The van der Waals surface area contributed by atoms with Crippen molar-refractivity contribution in [2.24, 2.45) is 0 Å². The van der Waals surface area contributed by atoms with Crippen molar-refractivity contribution in [3.63, 3.8) is 0 Å². The molecule has 0 aliphatic rings. The Morgan fingerprint density at radius 1 is 0.192 bits per heavy atom. The smallest absolute Gasteiger partial charge is 0.0698 e. The largest absolute Gasteiger partial charge is 0.308 e. The van der Waals surface area contributed by atoms with Gasteiger partial charge in [0.2, 0.25) is 0 Å². The van der Waals surface area contributed by atoms with Gasteiger partial charge in [0, 0.05) is 70.2 Å². The summed E-state index contributed by atoms with van der Waals surface area (Å²) >= 11 is 0. The van der Waals surface area contributed by atoms with Crippen molar-refractivity contribution in [3.05, 3.63) is 267 Å². The van der Waals surface area contributed by atoms with Gasteiger partial charge in [0.25, 0.3) is 0 Å². The van der Waals surface area contributed by atoms with Gasteiger partial charge in [0.1, 0.15) is 0 Å². The number of aromatic nitrogens is 6. The van der Waals surface area contributed by atoms with Crippen molar-refractivity contribution in [2.75, 3.05) is 0 Å². The Hall–Kier alpha value is -9.70. The van der Waals surface area contributed by atoms with E-state index in [0.717, 1.165) is 34.1 Å². The lowest BCUT2D eigenvalue weighted by molar-refractivity contribution is 1.14. The molecule has 0 aliphatic carbocycles. The van der Waals surface area contributed by atoms with E-state index in [1.54, 1.807) is 0 Å². The molecule has 0 saturated carbocycles. The predicted octanol–water partition coefficient (Wildman–Crippen LogP) is 19.7. The number of rotatable bonds is 6. The molecule has 0 spiro atoms. The molecule has 2 unspecified atom stereocenters. The fourth-order valence-corrected chi connectivity index (χ4v) is 19.9. The Balaban J connectivity index is 1.21. The number of hydrogen-bond donors (Lipinski definition) is 0. The number of nitrogens with zero attached hydrogens (tertiary/aromatic N) is 6. The van der Waals surface area contributed by atoms with Crippen molar-refractivity contribution < 1.29 is 0 Å². The third-order valence-electron chi connectivity index (χ3n) is 16.5. The highest BCUT2D eigenvalue weighted by Gasteiger charge is 2.31. The monoisotopic (exact) mass is 1030 g/mol. The minimum Gasteiger partial charge on any atom is -0.308 e. The molecule has 0 saturated heterocycles. The van der Waals surface area contributed by atoms with Crippen LogP contribution in [0.5, 0.6) is 0 Å². The SMILES string of the molecule is c1ccc(-n2c3cccc4c3p3c5c2cccc5n(-c2ccccc2)c2c5c(cc(c23)n4-c2ccccc2)cc2c3c5n(-c4ccccc4)c4cccc5c4p3c3c(cccc3n2-c2ccccc2)n5-c2ccccc2)cc1. The van der Waals surface area contributed by atoms with Crippen molar-refractivity contribution in [3.8, 4) is 34.1 Å². The molecule has 18 aromatic rings. The van der Waals surface area contributed by atoms with E-state index in [-0.39, 0.29) is 0 Å². The van der Waals surface area contributed by atoms with Gasteiger partial charge in [0.15, 0.2) is 0 Å². The molecular weight excluding hydrogens is 987 g/mol. The van der Waals surface area contributed by atoms with E-state index in [1.165, 1.54) is 108 Å². The van der Waals surface area contributed by atoms with Crippen molar-refractivity contribution >= 4 is 122 Å². The Labute approximate surface area is 448 Å². The van der Waals surface area contributed by atoms with Crippen LogP contribution in [0.3, 0.4) is 0 Å². The van der Waals surface area contributed by atoms with Crippen LogP contribution in [0.4, 0.5) is 0 Å². The van der Waals surface area contributed by atoms with Crippen LogP contribution in [0.25, 0.3) is 142 Å². The van der Waals surface area contributed by atoms with Gasteiger partial charge in [-0.3, -0.25) is 0 Å². The third-order valence-corrected chi connectivity index (χ3v) is 21.9. The van der Waals surface area contributed by atoms with Crippen LogP contribution in [0.1, 0.15) is 0 Å². The van der Waals surface area contributed by atoms with Crippen molar-refractivity contribution in [2.45, 2.75) is 0 Å². The zero-order valence-electron chi connectivity index (χ0n) is 42.0. The first-order valence-corrected chi connectivity index (χ1v) is 29.4. The molecule has 0 aliphatic heterocycles. The van der Waals surface area contributed by atoms with E-state index in [9.17, 15) is 0 Å². The van der Waals surface area contributed by atoms with Gasteiger partial charge < -0.3 is 27.4 Å². The highest BCUT2D eigenvalue weighted by atomic mass is 31.1. The first-order chi connectivity index (χ1) is 38.8. The van der Waals surface area contributed by atoms with Gasteiger partial charge in [-0.05, 0) is 139 Å². The van der Waals surface area contributed by atoms with Crippen molar-refractivity contribution in [1.82, 2.24) is 27.4 Å². The topological polar surface area (TPSA) is 29.6 Å². The second kappa shape index (κ2) is 15.9. The standard InChI is InChI=1S/C70H44N6P2/c1-7-23-46(24-8-1)71-52-35-19-39-56-65(52)77-67-54(71)37-21-41-58(67)75(50-31-15-5-16-32-50)63-62-45(43-60(69(63)77)73(56)48-27-11-3-12-28-48)44-61-70-64(62)76(51-33-17-6-18-34-51)59-42-22-38-55-68(59)78(70)66-53(72(55)47-25-9-2-10-26-47)36-20-40-57(66)74(61)49-29-13-4-14-30-49/h1-44H. The molecule has 8 heteroatoms. The third kappa shape index (κ3) is 5.52. The molecule has 2 atom stereocenters. The molecule has 0 N–H and O–H groups in total. The van der Waals surface area contributed by atoms with Crippen LogP contribution in [-0.4, -0.2) is 27.4 Å². The Kier molecular flexibility index (Phi) is 8.68. The molecular formula is C70H44N6P2. The maximum absolute atomic E-state index is 2.66. The van der Waals surface area contributed by atoms with Crippen LogP contribution in [-0.2, 0) is 0 Å². The number of para-hydroxylation sites is 6. The van der Waals surface area contributed by atoms with Gasteiger partial charge in [-0.1, -0.05) is 148 Å². The summed E-state index contributed by atoms with van der Waals surface area (Å²) < 4.78 is 15.5. The summed E-state index contributed by atoms with van der Waals surface area (Å²) in [5.74, 6) is 0. The molecule has 6 heterocycles. The Bertz CT molecular complexity index is 5060. The summed E-state index contributed by atoms with van der Waals surface area (Å²) in [5, 5.41) is 10.7. The normalized spacial score (nSPS) is 12.8. The molecule has 6 nitrogen and oxygen atoms in total. The maximum Gasteiger partial charge on any atom is 0.0698 e. The summed E-state index contributed by atoms with van der Waals surface area (Å²) in [6.07, 6.45) is 0. The zero-order chi connectivity index (χ0) is 50.7. The minimum absolute atomic E-state index is 1.13. The van der Waals surface area contributed by atoms with E-state index in [1.807, 2.05) is 0 Å². The molecule has 0 bridgehead atoms. The highest BCUT2D eigenvalue weighted by Crippen LogP contribution is 2.61. The average Bonchev–Trinajstić information content (AvgIpc) is 2.33. The van der Waals surface area contributed by atoms with Gasteiger partial charge in [-0.2, -0.15) is 0 Å². The molecule has 12 aromatic carbocycles. The Morgan fingerprint density at radius 2 is 0.410 bits per heavy atom. The van der Waals surface area contributed by atoms with Crippen LogP contribution in [0.2, 0.25) is 0 Å². The predicted molar refractivity (Wildman–Crippen MR) is 331 cm³/mol. The van der Waals surface area contributed by atoms with Crippen LogP contribution >= 0.6 is 14.7 Å². The van der Waals surface area contributed by atoms with Crippen molar-refractivity contribution in [1.29, 1.82) is 0 Å². The molecule has 18 rings (SSSR count). The summed E-state index contributed by atoms with van der Waals surface area (Å²) in [4.78, 5) is 0. The summed E-state index contributed by atoms with van der Waals surface area (Å²) in [7, 11) is -2.28. The first-order valence-electron chi connectivity index (χ1n) is 26.7. The quantitative estimate of drug-likeness (QED) is 0.117. The van der Waals surface area contributed by atoms with E-state index in [0.29, 0.717) is 0 Å². The van der Waals surface area contributed by atoms with E-state index >= 15 is 0 Å². The van der Waals surface area contributed by atoms with Crippen LogP contribution in [0.15, 0.2) is 267 Å². The van der Waals surface area contributed by atoms with Crippen LogP contribution in [0, 0.1) is 0 Å². The first kappa shape index (κ1) is 42.5. The van der Waals surface area contributed by atoms with Gasteiger partial charge >= 0.3 is 0 Å². The molecule has 6 aromatic heterocycles. The van der Waals surface area contributed by atoms with E-state index in [4.69, 9.17) is 0 Å². The minimum atomic E-state index is -1.14. The Morgan fingerprint density at radius 3 is 0.667 bits per heavy atom. The maximum atomic E-state index is 2.66. The fourth-order valence-electron chi connectivity index (χ4n) is 13.7. The van der Waals surface area contributed by atoms with Gasteiger partial charge in [-0.25, -0.2) is 0 Å². The molecule has 364 valence electrons. The van der Waals surface area contributed by atoms with Gasteiger partial charge in [0.05, 0.1) is 66.2 Å². The fraction of sp³-hybridized carbons (Fsp3) is 0. The molecule has 0 radical (unpaired) electrons.